The van der Waals surface area contributed by atoms with Crippen molar-refractivity contribution in [1.29, 1.82) is 0 Å². The number of carboxylic acid groups (broad SMARTS) is 1. The number of nitrogens with zero attached hydrogens (tertiary/aromatic N) is 1. The topological polar surface area (TPSA) is 69.6 Å². The van der Waals surface area contributed by atoms with Crippen molar-refractivity contribution in [3.63, 3.8) is 0 Å². The van der Waals surface area contributed by atoms with Crippen LogP contribution in [0.15, 0.2) is 11.6 Å². The Morgan fingerprint density at radius 3 is 2.50 bits per heavy atom. The summed E-state index contributed by atoms with van der Waals surface area (Å²) in [7, 11) is 0. The maximum atomic E-state index is 12.0. The van der Waals surface area contributed by atoms with Gasteiger partial charge in [-0.15, -0.1) is 0 Å². The highest BCUT2D eigenvalue weighted by atomic mass is 16.4. The van der Waals surface area contributed by atoms with Gasteiger partial charge in [0.25, 0.3) is 0 Å². The number of carboxylic acids is 1. The molecular weight excluding hydrogens is 232 g/mol. The Morgan fingerprint density at radius 2 is 2.06 bits per heavy atom. The molecule has 5 nitrogen and oxygen atoms in total. The van der Waals surface area contributed by atoms with Gasteiger partial charge in [0.2, 0.25) is 0 Å². The maximum Gasteiger partial charge on any atom is 0.326 e. The highest BCUT2D eigenvalue weighted by Crippen LogP contribution is 2.20. The molecular formula is C13H22N2O3. The van der Waals surface area contributed by atoms with Crippen molar-refractivity contribution >= 4 is 12.0 Å². The molecule has 0 fully saturated rings. The third kappa shape index (κ3) is 3.75. The van der Waals surface area contributed by atoms with Gasteiger partial charge >= 0.3 is 12.0 Å². The van der Waals surface area contributed by atoms with Crippen molar-refractivity contribution < 1.29 is 14.7 Å². The van der Waals surface area contributed by atoms with E-state index >= 15 is 0 Å². The summed E-state index contributed by atoms with van der Waals surface area (Å²) >= 11 is 0. The molecule has 0 spiro atoms. The van der Waals surface area contributed by atoms with Crippen LogP contribution in [0.4, 0.5) is 4.79 Å². The van der Waals surface area contributed by atoms with E-state index in [1.165, 1.54) is 0 Å². The first kappa shape index (κ1) is 14.5. The van der Waals surface area contributed by atoms with Gasteiger partial charge in [0.15, 0.2) is 0 Å². The lowest BCUT2D eigenvalue weighted by Crippen LogP contribution is -2.54. The molecule has 0 saturated carbocycles. The number of aliphatic carboxylic acids is 1. The van der Waals surface area contributed by atoms with Crippen LogP contribution in [0.1, 0.15) is 34.1 Å². The van der Waals surface area contributed by atoms with Crippen LogP contribution in [0.3, 0.4) is 0 Å². The van der Waals surface area contributed by atoms with Crippen molar-refractivity contribution in [3.05, 3.63) is 11.6 Å². The second-order valence-corrected chi connectivity index (χ2v) is 5.85. The zero-order valence-electron chi connectivity index (χ0n) is 11.5. The molecule has 1 aliphatic heterocycles. The monoisotopic (exact) mass is 254 g/mol. The first-order chi connectivity index (χ1) is 8.21. The Kier molecular flexibility index (Phi) is 4.38. The summed E-state index contributed by atoms with van der Waals surface area (Å²) < 4.78 is 0. The van der Waals surface area contributed by atoms with Crippen molar-refractivity contribution in [1.82, 2.24) is 10.2 Å². The minimum atomic E-state index is -1.000. The summed E-state index contributed by atoms with van der Waals surface area (Å²) in [6.45, 7) is 8.58. The van der Waals surface area contributed by atoms with Gasteiger partial charge in [0.1, 0.15) is 6.04 Å². The summed E-state index contributed by atoms with van der Waals surface area (Å²) in [5.41, 5.74) is 0.626. The summed E-state index contributed by atoms with van der Waals surface area (Å²) in [4.78, 5) is 24.9. The molecule has 0 aromatic heterocycles. The highest BCUT2D eigenvalue weighted by Gasteiger charge is 2.33. The number of urea groups is 1. The zero-order valence-corrected chi connectivity index (χ0v) is 11.5. The molecule has 1 rings (SSSR count). The summed E-state index contributed by atoms with van der Waals surface area (Å²) in [6, 6.07) is -1.18. The lowest BCUT2D eigenvalue weighted by molar-refractivity contribution is -0.142. The Labute approximate surface area is 108 Å². The third-order valence-corrected chi connectivity index (χ3v) is 3.00. The second-order valence-electron chi connectivity index (χ2n) is 5.85. The van der Waals surface area contributed by atoms with Gasteiger partial charge in [0.05, 0.1) is 0 Å². The molecule has 1 aliphatic rings. The fourth-order valence-corrected chi connectivity index (χ4v) is 1.95. The van der Waals surface area contributed by atoms with E-state index in [0.29, 0.717) is 13.1 Å². The van der Waals surface area contributed by atoms with Crippen LogP contribution in [-0.2, 0) is 4.79 Å². The van der Waals surface area contributed by atoms with Crippen LogP contribution in [0, 0.1) is 5.41 Å². The van der Waals surface area contributed by atoms with Crippen LogP contribution in [0.2, 0.25) is 0 Å². The summed E-state index contributed by atoms with van der Waals surface area (Å²) in [5.74, 6) is -1.000. The van der Waals surface area contributed by atoms with Gasteiger partial charge < -0.3 is 15.3 Å². The van der Waals surface area contributed by atoms with Gasteiger partial charge in [-0.2, -0.15) is 0 Å². The molecule has 0 aromatic rings. The van der Waals surface area contributed by atoms with Gasteiger partial charge in [-0.1, -0.05) is 32.4 Å². The average molecular weight is 254 g/mol. The number of carbonyl (C=O) groups excluding carboxylic acids is 1. The van der Waals surface area contributed by atoms with Crippen molar-refractivity contribution in [2.75, 3.05) is 13.1 Å². The predicted molar refractivity (Wildman–Crippen MR) is 69.4 cm³/mol. The normalized spacial score (nSPS) is 18.0. The highest BCUT2D eigenvalue weighted by molar-refractivity contribution is 5.83. The van der Waals surface area contributed by atoms with E-state index < -0.39 is 17.4 Å². The molecule has 0 unspecified atom stereocenters. The lowest BCUT2D eigenvalue weighted by atomic mass is 9.87. The van der Waals surface area contributed by atoms with Crippen LogP contribution in [0.25, 0.3) is 0 Å². The molecule has 2 N–H and O–H groups in total. The van der Waals surface area contributed by atoms with Crippen LogP contribution >= 0.6 is 0 Å². The van der Waals surface area contributed by atoms with E-state index in [4.69, 9.17) is 5.11 Å². The average Bonchev–Trinajstić information content (AvgIpc) is 2.23. The molecule has 18 heavy (non-hydrogen) atoms. The smallest absolute Gasteiger partial charge is 0.326 e. The van der Waals surface area contributed by atoms with E-state index in [1.54, 1.807) is 25.7 Å². The maximum absolute atomic E-state index is 12.0. The Balaban J connectivity index is 2.68. The van der Waals surface area contributed by atoms with Crippen molar-refractivity contribution in [3.8, 4) is 0 Å². The molecule has 5 heteroatoms. The van der Waals surface area contributed by atoms with E-state index in [9.17, 15) is 9.59 Å². The van der Waals surface area contributed by atoms with E-state index in [0.717, 1.165) is 12.0 Å². The van der Waals surface area contributed by atoms with Crippen molar-refractivity contribution in [2.24, 2.45) is 5.41 Å². The molecule has 1 atom stereocenters. The molecule has 0 saturated heterocycles. The first-order valence-electron chi connectivity index (χ1n) is 6.15. The van der Waals surface area contributed by atoms with E-state index in [-0.39, 0.29) is 6.03 Å². The largest absolute Gasteiger partial charge is 0.480 e. The van der Waals surface area contributed by atoms with Crippen molar-refractivity contribution in [2.45, 2.75) is 40.2 Å². The van der Waals surface area contributed by atoms with Crippen LogP contribution in [0.5, 0.6) is 0 Å². The first-order valence-corrected chi connectivity index (χ1v) is 6.15. The number of amides is 2. The Hall–Kier alpha value is -1.52. The number of hydrogen-bond donors (Lipinski definition) is 2. The zero-order chi connectivity index (χ0) is 13.9. The van der Waals surface area contributed by atoms with E-state index in [1.807, 2.05) is 6.92 Å². The quantitative estimate of drug-likeness (QED) is 0.739. The van der Waals surface area contributed by atoms with Gasteiger partial charge in [0, 0.05) is 13.1 Å². The summed E-state index contributed by atoms with van der Waals surface area (Å²) in [6.07, 6.45) is 2.93. The molecule has 0 aliphatic carbocycles. The summed E-state index contributed by atoms with van der Waals surface area (Å²) in [5, 5.41) is 11.8. The Morgan fingerprint density at radius 1 is 1.44 bits per heavy atom. The predicted octanol–water partition coefficient (Wildman–Crippen LogP) is 1.85. The molecule has 102 valence electrons. The standard InChI is InChI=1S/C13H22N2O3/c1-9-6-5-7-15(8-9)12(18)14-10(11(16)17)13(2,3)4/h6,10H,5,7-8H2,1-4H3,(H,14,18)(H,16,17)/t10-/m1/s1. The third-order valence-electron chi connectivity index (χ3n) is 3.00. The number of carbonyl (C=O) groups is 2. The molecule has 0 radical (unpaired) electrons. The molecule has 0 bridgehead atoms. The second kappa shape index (κ2) is 5.42. The SMILES string of the molecule is CC1=CCCN(C(=O)N[C@H](C(=O)O)C(C)(C)C)C1. The lowest BCUT2D eigenvalue weighted by Gasteiger charge is -2.32. The number of nitrogens with one attached hydrogen (secondary N) is 1. The fraction of sp³-hybridized carbons (Fsp3) is 0.692. The van der Waals surface area contributed by atoms with Gasteiger partial charge in [-0.05, 0) is 18.8 Å². The van der Waals surface area contributed by atoms with Crippen LogP contribution in [-0.4, -0.2) is 41.1 Å². The minimum Gasteiger partial charge on any atom is -0.480 e. The molecule has 0 aromatic carbocycles. The van der Waals surface area contributed by atoms with Gasteiger partial charge in [-0.3, -0.25) is 0 Å². The van der Waals surface area contributed by atoms with E-state index in [2.05, 4.69) is 11.4 Å². The fourth-order valence-electron chi connectivity index (χ4n) is 1.95. The van der Waals surface area contributed by atoms with Crippen LogP contribution < -0.4 is 5.32 Å². The number of rotatable bonds is 2. The molecule has 1 heterocycles. The van der Waals surface area contributed by atoms with Gasteiger partial charge in [-0.25, -0.2) is 9.59 Å². The number of hydrogen-bond acceptors (Lipinski definition) is 2. The minimum absolute atomic E-state index is 0.301. The molecule has 2 amide bonds. The Bertz CT molecular complexity index is 369.